The fraction of sp³-hybridized carbons (Fsp3) is 0.385. The number of sulfonamides is 1. The normalized spacial score (nSPS) is 19.6. The Labute approximate surface area is 314 Å². The minimum absolute atomic E-state index is 0.177. The number of carboxylic acids is 1. The van der Waals surface area contributed by atoms with Crippen LogP contribution in [0.3, 0.4) is 0 Å². The first-order valence-electron chi connectivity index (χ1n) is 17.6. The summed E-state index contributed by atoms with van der Waals surface area (Å²) < 4.78 is 101. The maximum atomic E-state index is 16.5. The van der Waals surface area contributed by atoms with E-state index in [2.05, 4.69) is 4.72 Å². The molecule has 1 aliphatic heterocycles. The molecule has 0 bridgehead atoms. The predicted octanol–water partition coefficient (Wildman–Crippen LogP) is 8.81. The quantitative estimate of drug-likeness (QED) is 0.164. The minimum Gasteiger partial charge on any atom is -0.490 e. The largest absolute Gasteiger partial charge is 0.490 e. The molecule has 0 spiro atoms. The van der Waals surface area contributed by atoms with E-state index in [0.717, 1.165) is 55.9 Å². The second-order valence-electron chi connectivity index (χ2n) is 14.0. The lowest BCUT2D eigenvalue weighted by molar-refractivity contribution is -0.192. The summed E-state index contributed by atoms with van der Waals surface area (Å²) in [5, 5.41) is 9.06. The first-order chi connectivity index (χ1) is 25.5. The van der Waals surface area contributed by atoms with Crippen molar-refractivity contribution in [3.8, 4) is 16.9 Å². The lowest BCUT2D eigenvalue weighted by atomic mass is 9.97. The summed E-state index contributed by atoms with van der Waals surface area (Å²) in [6.07, 6.45) is 2.34. The van der Waals surface area contributed by atoms with Crippen LogP contribution in [0.25, 0.3) is 21.9 Å². The van der Waals surface area contributed by atoms with Crippen LogP contribution in [0.4, 0.5) is 22.0 Å². The van der Waals surface area contributed by atoms with Crippen LogP contribution in [0.1, 0.15) is 50.5 Å². The van der Waals surface area contributed by atoms with Crippen molar-refractivity contribution in [2.45, 2.75) is 74.1 Å². The summed E-state index contributed by atoms with van der Waals surface area (Å²) in [6, 6.07) is 20.1. The van der Waals surface area contributed by atoms with Gasteiger partial charge in [-0.05, 0) is 109 Å². The lowest BCUT2D eigenvalue weighted by Gasteiger charge is -2.31. The molecule has 4 aromatic carbocycles. The molecule has 2 N–H and O–H groups in total. The molecular weight excluding hydrogens is 755 g/mol. The number of fused-ring (bicyclic) bond motifs is 2. The zero-order valence-electron chi connectivity index (χ0n) is 28.9. The fourth-order valence-corrected chi connectivity index (χ4v) is 8.79. The van der Waals surface area contributed by atoms with E-state index >= 15 is 8.78 Å². The fourth-order valence-electron chi connectivity index (χ4n) is 7.44. The van der Waals surface area contributed by atoms with Gasteiger partial charge >= 0.3 is 12.1 Å². The van der Waals surface area contributed by atoms with Crippen molar-refractivity contribution >= 4 is 44.3 Å². The molecule has 1 amide bonds. The summed E-state index contributed by atoms with van der Waals surface area (Å²) in [5.41, 5.74) is 1.02. The number of benzene rings is 4. The molecule has 3 fully saturated rings. The Hall–Kier alpha value is -4.27. The topological polar surface area (TPSA) is 113 Å². The van der Waals surface area contributed by atoms with Crippen molar-refractivity contribution in [2.24, 2.45) is 11.8 Å². The van der Waals surface area contributed by atoms with Crippen LogP contribution < -0.4 is 9.46 Å². The Morgan fingerprint density at radius 1 is 0.778 bits per heavy atom. The molecule has 2 aliphatic carbocycles. The smallest absolute Gasteiger partial charge is 0.490 e. The number of aliphatic carboxylic acids is 1. The number of hydrogen-bond acceptors (Lipinski definition) is 5. The van der Waals surface area contributed by atoms with Gasteiger partial charge in [0.25, 0.3) is 5.92 Å². The van der Waals surface area contributed by atoms with Crippen LogP contribution in [0.15, 0.2) is 89.8 Å². The minimum atomic E-state index is -5.08. The molecule has 8 nitrogen and oxygen atoms in total. The van der Waals surface area contributed by atoms with E-state index in [0.29, 0.717) is 34.8 Å². The number of amides is 1. The van der Waals surface area contributed by atoms with Gasteiger partial charge in [0.05, 0.1) is 11.0 Å². The molecule has 54 heavy (non-hydrogen) atoms. The van der Waals surface area contributed by atoms with E-state index in [4.69, 9.17) is 26.2 Å². The Kier molecular flexibility index (Phi) is 11.6. The summed E-state index contributed by atoms with van der Waals surface area (Å²) >= 11 is 6.00. The van der Waals surface area contributed by atoms with Gasteiger partial charge in [-0.2, -0.15) is 26.7 Å². The van der Waals surface area contributed by atoms with Crippen molar-refractivity contribution in [3.05, 3.63) is 95.5 Å². The summed E-state index contributed by atoms with van der Waals surface area (Å²) in [5.74, 6) is -6.29. The maximum Gasteiger partial charge on any atom is 0.490 e. The SMILES string of the molecule is O=C(O)C(F)(F)F.O=C([C@H](NS(=O)(=O)c1ccc2cc(OC3CCCC3)ccc2c1)C(F)(F)c1ccc(-c2ccc(Cl)cc2)cc1)N1C[C@H]2CCC[C@H]2C1. The Bertz CT molecular complexity index is 2080. The zero-order valence-corrected chi connectivity index (χ0v) is 30.4. The molecule has 1 saturated heterocycles. The van der Waals surface area contributed by atoms with Crippen molar-refractivity contribution in [2.75, 3.05) is 13.1 Å². The van der Waals surface area contributed by atoms with Gasteiger partial charge in [0.1, 0.15) is 5.75 Å². The summed E-state index contributed by atoms with van der Waals surface area (Å²) in [6.45, 7) is 0.711. The molecule has 4 aromatic rings. The van der Waals surface area contributed by atoms with E-state index in [1.54, 1.807) is 42.5 Å². The van der Waals surface area contributed by atoms with Gasteiger partial charge in [0.2, 0.25) is 15.9 Å². The average Bonchev–Trinajstić information content (AvgIpc) is 3.90. The molecule has 15 heteroatoms. The highest BCUT2D eigenvalue weighted by molar-refractivity contribution is 7.89. The highest BCUT2D eigenvalue weighted by Crippen LogP contribution is 2.41. The van der Waals surface area contributed by atoms with Crippen LogP contribution in [0, 0.1) is 11.8 Å². The van der Waals surface area contributed by atoms with E-state index in [1.165, 1.54) is 41.3 Å². The van der Waals surface area contributed by atoms with Crippen molar-refractivity contribution < 1.29 is 49.8 Å². The van der Waals surface area contributed by atoms with Gasteiger partial charge in [-0.15, -0.1) is 0 Å². The summed E-state index contributed by atoms with van der Waals surface area (Å²) in [7, 11) is -4.54. The van der Waals surface area contributed by atoms with Gasteiger partial charge in [-0.3, -0.25) is 4.79 Å². The van der Waals surface area contributed by atoms with E-state index in [-0.39, 0.29) is 22.8 Å². The van der Waals surface area contributed by atoms with E-state index in [1.807, 2.05) is 6.07 Å². The van der Waals surface area contributed by atoms with Gasteiger partial charge in [-0.25, -0.2) is 13.2 Å². The number of rotatable bonds is 9. The highest BCUT2D eigenvalue weighted by atomic mass is 35.5. The average molecular weight is 793 g/mol. The molecule has 0 radical (unpaired) electrons. The Balaban J connectivity index is 0.000000649. The molecule has 3 atom stereocenters. The molecule has 0 unspecified atom stereocenters. The molecule has 7 rings (SSSR count). The zero-order chi connectivity index (χ0) is 38.8. The standard InChI is InChI=1S/C37H37ClF2N2O4S.C2HF3O2/c38-31-16-10-25(11-17-31)24-8-14-30(15-9-24)37(39,40)35(36(43)42-22-28-4-3-5-29(28)23-42)41-47(44,45)34-19-13-26-20-33(18-12-27(26)21-34)46-32-6-1-2-7-32;3-2(4,5)1(6)7/h8-21,28-29,32,35,41H,1-7,22-23H2;(H,6,7)/t28-,29+,35-;/m0./s1. The number of carbonyl (C=O) groups excluding carboxylic acids is 1. The van der Waals surface area contributed by atoms with Gasteiger partial charge < -0.3 is 14.7 Å². The molecule has 288 valence electrons. The third kappa shape index (κ3) is 8.98. The van der Waals surface area contributed by atoms with E-state index in [9.17, 15) is 26.4 Å². The molecule has 3 aliphatic rings. The van der Waals surface area contributed by atoms with Gasteiger partial charge in [0.15, 0.2) is 6.04 Å². The number of ether oxygens (including phenoxy) is 1. The molecule has 1 heterocycles. The summed E-state index contributed by atoms with van der Waals surface area (Å²) in [4.78, 5) is 24.0. The second kappa shape index (κ2) is 15.8. The first-order valence-corrected chi connectivity index (χ1v) is 19.4. The first kappa shape index (κ1) is 39.4. The molecule has 2 saturated carbocycles. The number of likely N-dealkylation sites (tertiary alicyclic amines) is 1. The molecule has 0 aromatic heterocycles. The van der Waals surface area contributed by atoms with Crippen LogP contribution >= 0.6 is 11.6 Å². The number of alkyl halides is 5. The number of halogens is 6. The predicted molar refractivity (Wildman–Crippen MR) is 193 cm³/mol. The number of carbonyl (C=O) groups is 2. The Morgan fingerprint density at radius 2 is 1.31 bits per heavy atom. The number of hydrogen-bond donors (Lipinski definition) is 2. The number of nitrogens with one attached hydrogen (secondary N) is 1. The number of carboxylic acid groups (broad SMARTS) is 1. The van der Waals surface area contributed by atoms with Crippen molar-refractivity contribution in [1.29, 1.82) is 0 Å². The maximum absolute atomic E-state index is 16.5. The van der Waals surface area contributed by atoms with Crippen LogP contribution in [0.2, 0.25) is 5.02 Å². The lowest BCUT2D eigenvalue weighted by Crippen LogP contribution is -2.56. The van der Waals surface area contributed by atoms with Gasteiger partial charge in [0, 0.05) is 23.7 Å². The van der Waals surface area contributed by atoms with Gasteiger partial charge in [-0.1, -0.05) is 66.6 Å². The van der Waals surface area contributed by atoms with E-state index < -0.39 is 45.6 Å². The van der Waals surface area contributed by atoms with Crippen molar-refractivity contribution in [1.82, 2.24) is 9.62 Å². The third-order valence-corrected chi connectivity index (χ3v) is 12.0. The second-order valence-corrected chi connectivity index (χ2v) is 16.1. The third-order valence-electron chi connectivity index (χ3n) is 10.3. The van der Waals surface area contributed by atoms with Crippen LogP contribution in [0.5, 0.6) is 5.75 Å². The van der Waals surface area contributed by atoms with Crippen LogP contribution in [-0.2, 0) is 25.5 Å². The Morgan fingerprint density at radius 3 is 1.89 bits per heavy atom. The van der Waals surface area contributed by atoms with Crippen molar-refractivity contribution in [3.63, 3.8) is 0 Å². The highest BCUT2D eigenvalue weighted by Gasteiger charge is 2.51. The van der Waals surface area contributed by atoms with Crippen LogP contribution in [-0.4, -0.2) is 61.7 Å². The number of nitrogens with zero attached hydrogens (tertiary/aromatic N) is 1. The molecular formula is C39H38ClF5N2O6S. The monoisotopic (exact) mass is 792 g/mol.